The first kappa shape index (κ1) is 19.3. The van der Waals surface area contributed by atoms with Gasteiger partial charge in [0.1, 0.15) is 5.82 Å². The molecule has 1 N–H and O–H groups in total. The maximum absolute atomic E-state index is 13.7. The van der Waals surface area contributed by atoms with Crippen molar-refractivity contribution < 1.29 is 13.7 Å². The van der Waals surface area contributed by atoms with Crippen LogP contribution < -0.4 is 5.32 Å². The number of piperidine rings is 1. The van der Waals surface area contributed by atoms with Gasteiger partial charge in [0.15, 0.2) is 0 Å². The lowest BCUT2D eigenvalue weighted by atomic mass is 9.96. The molecule has 0 spiro atoms. The van der Waals surface area contributed by atoms with Gasteiger partial charge in [-0.1, -0.05) is 53.7 Å². The fourth-order valence-electron chi connectivity index (χ4n) is 3.54. The van der Waals surface area contributed by atoms with Crippen LogP contribution in [0.5, 0.6) is 0 Å². The molecule has 29 heavy (non-hydrogen) atoms. The SMILES string of the molecule is O=C(NCc1ccccc1F)C1CCN(Cc2nc(-c3ccccc3)no2)CC1. The first-order chi connectivity index (χ1) is 14.2. The van der Waals surface area contributed by atoms with Crippen LogP contribution in [-0.2, 0) is 17.9 Å². The summed E-state index contributed by atoms with van der Waals surface area (Å²) >= 11 is 0. The minimum Gasteiger partial charge on any atom is -0.352 e. The number of carbonyl (C=O) groups is 1. The van der Waals surface area contributed by atoms with E-state index in [1.807, 2.05) is 30.3 Å². The Hall–Kier alpha value is -3.06. The van der Waals surface area contributed by atoms with E-state index in [9.17, 15) is 9.18 Å². The van der Waals surface area contributed by atoms with Crippen LogP contribution >= 0.6 is 0 Å². The zero-order valence-corrected chi connectivity index (χ0v) is 16.1. The molecule has 0 aliphatic carbocycles. The summed E-state index contributed by atoms with van der Waals surface area (Å²) in [5.74, 6) is 0.795. The van der Waals surface area contributed by atoms with Crippen molar-refractivity contribution in [2.45, 2.75) is 25.9 Å². The number of likely N-dealkylation sites (tertiary alicyclic amines) is 1. The highest BCUT2D eigenvalue weighted by Gasteiger charge is 2.26. The molecule has 1 aromatic heterocycles. The molecule has 0 bridgehead atoms. The zero-order chi connectivity index (χ0) is 20.1. The number of nitrogens with zero attached hydrogens (tertiary/aromatic N) is 3. The maximum atomic E-state index is 13.7. The van der Waals surface area contributed by atoms with E-state index in [1.165, 1.54) is 6.07 Å². The Morgan fingerprint density at radius 2 is 1.83 bits per heavy atom. The van der Waals surface area contributed by atoms with Crippen LogP contribution in [0, 0.1) is 11.7 Å². The Balaban J connectivity index is 1.25. The highest BCUT2D eigenvalue weighted by atomic mass is 19.1. The topological polar surface area (TPSA) is 71.3 Å². The average Bonchev–Trinajstić information content (AvgIpc) is 3.23. The van der Waals surface area contributed by atoms with Crippen molar-refractivity contribution in [1.82, 2.24) is 20.4 Å². The lowest BCUT2D eigenvalue weighted by Crippen LogP contribution is -2.40. The molecule has 2 aromatic carbocycles. The van der Waals surface area contributed by atoms with Gasteiger partial charge in [0.25, 0.3) is 0 Å². The van der Waals surface area contributed by atoms with Crippen LogP contribution in [0.3, 0.4) is 0 Å². The van der Waals surface area contributed by atoms with Gasteiger partial charge in [-0.2, -0.15) is 4.98 Å². The minimum atomic E-state index is -0.294. The Morgan fingerprint density at radius 1 is 1.10 bits per heavy atom. The summed E-state index contributed by atoms with van der Waals surface area (Å²) in [6, 6.07) is 16.2. The molecule has 1 saturated heterocycles. The molecule has 7 heteroatoms. The van der Waals surface area contributed by atoms with E-state index >= 15 is 0 Å². The summed E-state index contributed by atoms with van der Waals surface area (Å²) in [5.41, 5.74) is 1.43. The summed E-state index contributed by atoms with van der Waals surface area (Å²) in [6.45, 7) is 2.35. The molecule has 1 aliphatic rings. The summed E-state index contributed by atoms with van der Waals surface area (Å²) < 4.78 is 19.1. The lowest BCUT2D eigenvalue weighted by molar-refractivity contribution is -0.126. The van der Waals surface area contributed by atoms with Crippen molar-refractivity contribution in [1.29, 1.82) is 0 Å². The van der Waals surface area contributed by atoms with Crippen molar-refractivity contribution in [3.63, 3.8) is 0 Å². The Kier molecular flexibility index (Phi) is 5.95. The largest absolute Gasteiger partial charge is 0.352 e. The zero-order valence-electron chi connectivity index (χ0n) is 16.1. The molecule has 1 fully saturated rings. The van der Waals surface area contributed by atoms with Crippen LogP contribution in [0.1, 0.15) is 24.3 Å². The van der Waals surface area contributed by atoms with Gasteiger partial charge in [0.2, 0.25) is 17.6 Å². The van der Waals surface area contributed by atoms with Gasteiger partial charge in [-0.05, 0) is 32.0 Å². The fraction of sp³-hybridized carbons (Fsp3) is 0.318. The maximum Gasteiger partial charge on any atom is 0.241 e. The molecule has 4 rings (SSSR count). The van der Waals surface area contributed by atoms with Crippen LogP contribution in [0.4, 0.5) is 4.39 Å². The van der Waals surface area contributed by atoms with Gasteiger partial charge in [-0.15, -0.1) is 0 Å². The van der Waals surface area contributed by atoms with E-state index in [-0.39, 0.29) is 24.2 Å². The normalized spacial score (nSPS) is 15.3. The van der Waals surface area contributed by atoms with E-state index < -0.39 is 0 Å². The number of amides is 1. The number of nitrogens with one attached hydrogen (secondary N) is 1. The molecule has 2 heterocycles. The molecule has 1 aliphatic heterocycles. The fourth-order valence-corrected chi connectivity index (χ4v) is 3.54. The second-order valence-electron chi connectivity index (χ2n) is 7.24. The van der Waals surface area contributed by atoms with Crippen LogP contribution in [0.2, 0.25) is 0 Å². The van der Waals surface area contributed by atoms with E-state index in [0.29, 0.717) is 23.8 Å². The molecule has 0 atom stereocenters. The number of rotatable bonds is 6. The van der Waals surface area contributed by atoms with E-state index in [0.717, 1.165) is 31.5 Å². The van der Waals surface area contributed by atoms with Crippen molar-refractivity contribution >= 4 is 5.91 Å². The molecule has 3 aromatic rings. The van der Waals surface area contributed by atoms with E-state index in [2.05, 4.69) is 20.4 Å². The van der Waals surface area contributed by atoms with Gasteiger partial charge in [-0.3, -0.25) is 9.69 Å². The van der Waals surface area contributed by atoms with Crippen LogP contribution in [0.25, 0.3) is 11.4 Å². The highest BCUT2D eigenvalue weighted by molar-refractivity contribution is 5.78. The van der Waals surface area contributed by atoms with Gasteiger partial charge in [0.05, 0.1) is 6.54 Å². The predicted molar refractivity (Wildman–Crippen MR) is 106 cm³/mol. The van der Waals surface area contributed by atoms with Gasteiger partial charge >= 0.3 is 0 Å². The van der Waals surface area contributed by atoms with E-state index in [1.54, 1.807) is 18.2 Å². The van der Waals surface area contributed by atoms with Crippen molar-refractivity contribution in [3.05, 3.63) is 71.9 Å². The Labute approximate surface area is 168 Å². The molecular formula is C22H23FN4O2. The third-order valence-corrected chi connectivity index (χ3v) is 5.23. The third kappa shape index (κ3) is 4.86. The standard InChI is InChI=1S/C22H23FN4O2/c23-19-9-5-4-8-18(19)14-24-22(28)17-10-12-27(13-11-17)15-20-25-21(26-29-20)16-6-2-1-3-7-16/h1-9,17H,10-15H2,(H,24,28). The molecule has 6 nitrogen and oxygen atoms in total. The molecule has 0 saturated carbocycles. The number of benzene rings is 2. The molecule has 0 radical (unpaired) electrons. The number of carbonyl (C=O) groups excluding carboxylic acids is 1. The average molecular weight is 394 g/mol. The van der Waals surface area contributed by atoms with Crippen LogP contribution in [0.15, 0.2) is 59.1 Å². The van der Waals surface area contributed by atoms with E-state index in [4.69, 9.17) is 4.52 Å². The van der Waals surface area contributed by atoms with Gasteiger partial charge in [0, 0.05) is 23.6 Å². The van der Waals surface area contributed by atoms with Crippen molar-refractivity contribution in [2.75, 3.05) is 13.1 Å². The number of hydrogen-bond acceptors (Lipinski definition) is 5. The van der Waals surface area contributed by atoms with Crippen LogP contribution in [-0.4, -0.2) is 34.0 Å². The number of aromatic nitrogens is 2. The third-order valence-electron chi connectivity index (χ3n) is 5.23. The first-order valence-electron chi connectivity index (χ1n) is 9.80. The van der Waals surface area contributed by atoms with Crippen molar-refractivity contribution in [2.24, 2.45) is 5.92 Å². The molecular weight excluding hydrogens is 371 g/mol. The highest BCUT2D eigenvalue weighted by Crippen LogP contribution is 2.21. The van der Waals surface area contributed by atoms with Gasteiger partial charge in [-0.25, -0.2) is 4.39 Å². The Bertz CT molecular complexity index is 952. The molecule has 1 amide bonds. The Morgan fingerprint density at radius 3 is 2.59 bits per heavy atom. The second-order valence-corrected chi connectivity index (χ2v) is 7.24. The molecule has 0 unspecified atom stereocenters. The summed E-state index contributed by atoms with van der Waals surface area (Å²) in [4.78, 5) is 19.1. The predicted octanol–water partition coefficient (Wildman–Crippen LogP) is 3.40. The quantitative estimate of drug-likeness (QED) is 0.694. The monoisotopic (exact) mass is 394 g/mol. The molecule has 150 valence electrons. The second kappa shape index (κ2) is 8.96. The summed E-state index contributed by atoms with van der Waals surface area (Å²) in [5, 5.41) is 6.91. The number of hydrogen-bond donors (Lipinski definition) is 1. The van der Waals surface area contributed by atoms with Crippen molar-refractivity contribution in [3.8, 4) is 11.4 Å². The smallest absolute Gasteiger partial charge is 0.241 e. The number of halogens is 1. The lowest BCUT2D eigenvalue weighted by Gasteiger charge is -2.30. The minimum absolute atomic E-state index is 0.0166. The first-order valence-corrected chi connectivity index (χ1v) is 9.80. The van der Waals surface area contributed by atoms with Gasteiger partial charge < -0.3 is 9.84 Å². The summed E-state index contributed by atoms with van der Waals surface area (Å²) in [7, 11) is 0. The summed E-state index contributed by atoms with van der Waals surface area (Å²) in [6.07, 6.45) is 1.51.